The number of aliphatic hydroxyl groups is 1. The number of nitrogens with zero attached hydrogens (tertiary/aromatic N) is 4. The zero-order chi connectivity index (χ0) is 16.4. The number of aromatic nitrogens is 3. The molecule has 0 aliphatic carbocycles. The Kier molecular flexibility index (Phi) is 4.65. The van der Waals surface area contributed by atoms with Crippen LogP contribution in [0.1, 0.15) is 23.6 Å². The van der Waals surface area contributed by atoms with Gasteiger partial charge < -0.3 is 14.4 Å². The zero-order valence-electron chi connectivity index (χ0n) is 12.7. The molecule has 1 saturated heterocycles. The fourth-order valence-electron chi connectivity index (χ4n) is 2.72. The Morgan fingerprint density at radius 3 is 3.00 bits per heavy atom. The Balaban J connectivity index is 1.68. The van der Waals surface area contributed by atoms with Gasteiger partial charge in [0, 0.05) is 32.2 Å². The largest absolute Gasteiger partial charge is 0.387 e. The lowest BCUT2D eigenvalue weighted by molar-refractivity contribution is -0.0476. The summed E-state index contributed by atoms with van der Waals surface area (Å²) in [5, 5.41) is 18.1. The van der Waals surface area contributed by atoms with Gasteiger partial charge in [-0.25, -0.2) is 8.78 Å². The van der Waals surface area contributed by atoms with Crippen LogP contribution < -0.4 is 0 Å². The van der Waals surface area contributed by atoms with E-state index in [-0.39, 0.29) is 18.2 Å². The van der Waals surface area contributed by atoms with Crippen molar-refractivity contribution in [1.82, 2.24) is 19.7 Å². The van der Waals surface area contributed by atoms with Crippen molar-refractivity contribution in [3.05, 3.63) is 47.5 Å². The van der Waals surface area contributed by atoms with Crippen LogP contribution in [0.5, 0.6) is 0 Å². The molecule has 1 aromatic carbocycles. The van der Waals surface area contributed by atoms with Crippen LogP contribution in [0.2, 0.25) is 0 Å². The van der Waals surface area contributed by atoms with Gasteiger partial charge >= 0.3 is 0 Å². The van der Waals surface area contributed by atoms with E-state index in [1.165, 1.54) is 0 Å². The Morgan fingerprint density at radius 1 is 1.43 bits per heavy atom. The lowest BCUT2D eigenvalue weighted by Crippen LogP contribution is -2.41. The van der Waals surface area contributed by atoms with Crippen molar-refractivity contribution < 1.29 is 18.6 Å². The quantitative estimate of drug-likeness (QED) is 0.916. The third kappa shape index (κ3) is 3.54. The number of benzene rings is 1. The molecular formula is C15H18F2N4O2. The Labute approximate surface area is 132 Å². The number of hydrogen-bond acceptors (Lipinski definition) is 5. The van der Waals surface area contributed by atoms with E-state index in [2.05, 4.69) is 10.2 Å². The molecule has 8 heteroatoms. The first-order chi connectivity index (χ1) is 11.0. The number of ether oxygens (including phenoxy) is 1. The second-order valence-electron chi connectivity index (χ2n) is 5.60. The molecule has 0 spiro atoms. The number of morpholine rings is 1. The number of hydrogen-bond donors (Lipinski definition) is 1. The van der Waals surface area contributed by atoms with Crippen LogP contribution in [0.4, 0.5) is 8.78 Å². The molecule has 1 N–H and O–H groups in total. The first-order valence-electron chi connectivity index (χ1n) is 7.35. The molecule has 0 radical (unpaired) electrons. The van der Waals surface area contributed by atoms with Gasteiger partial charge in [-0.05, 0) is 18.2 Å². The molecule has 124 valence electrons. The summed E-state index contributed by atoms with van der Waals surface area (Å²) in [5.74, 6) is -0.488. The maximum atomic E-state index is 13.7. The first-order valence-corrected chi connectivity index (χ1v) is 7.35. The smallest absolute Gasteiger partial charge is 0.163 e. The van der Waals surface area contributed by atoms with Crippen LogP contribution in [0.25, 0.3) is 0 Å². The summed E-state index contributed by atoms with van der Waals surface area (Å²) in [6, 6.07) is 3.08. The molecule has 23 heavy (non-hydrogen) atoms. The lowest BCUT2D eigenvalue weighted by atomic mass is 10.1. The summed E-state index contributed by atoms with van der Waals surface area (Å²) in [6.07, 6.45) is 0.221. The summed E-state index contributed by atoms with van der Waals surface area (Å²) in [6.45, 7) is 1.76. The van der Waals surface area contributed by atoms with Gasteiger partial charge in [-0.15, -0.1) is 10.2 Å². The fraction of sp³-hybridized carbons (Fsp3) is 0.467. The van der Waals surface area contributed by atoms with E-state index < -0.39 is 17.7 Å². The molecular weight excluding hydrogens is 306 g/mol. The molecule has 6 nitrogen and oxygen atoms in total. The fourth-order valence-corrected chi connectivity index (χ4v) is 2.72. The third-order valence-electron chi connectivity index (χ3n) is 3.93. The molecule has 0 bridgehead atoms. The van der Waals surface area contributed by atoms with Crippen LogP contribution in [-0.2, 0) is 11.8 Å². The molecule has 0 amide bonds. The maximum absolute atomic E-state index is 13.7. The van der Waals surface area contributed by atoms with Crippen LogP contribution in [0.15, 0.2) is 24.5 Å². The number of β-amino-alcohol motifs (C(OH)–C–C–N with tert-alkyl or cyclic N) is 1. The van der Waals surface area contributed by atoms with E-state index in [9.17, 15) is 13.9 Å². The van der Waals surface area contributed by atoms with Crippen molar-refractivity contribution in [1.29, 1.82) is 0 Å². The van der Waals surface area contributed by atoms with Crippen molar-refractivity contribution in [3.8, 4) is 0 Å². The summed E-state index contributed by atoms with van der Waals surface area (Å²) in [7, 11) is 1.83. The van der Waals surface area contributed by atoms with Gasteiger partial charge in [0.25, 0.3) is 0 Å². The second kappa shape index (κ2) is 6.69. The highest BCUT2D eigenvalue weighted by molar-refractivity contribution is 5.21. The predicted molar refractivity (Wildman–Crippen MR) is 77.5 cm³/mol. The molecule has 1 fully saturated rings. The van der Waals surface area contributed by atoms with E-state index in [1.807, 2.05) is 11.9 Å². The van der Waals surface area contributed by atoms with Crippen LogP contribution in [-0.4, -0.2) is 51.0 Å². The number of aliphatic hydroxyl groups excluding tert-OH is 1. The van der Waals surface area contributed by atoms with E-state index in [0.717, 1.165) is 18.2 Å². The summed E-state index contributed by atoms with van der Waals surface area (Å²) in [4.78, 5) is 1.94. The second-order valence-corrected chi connectivity index (χ2v) is 5.60. The van der Waals surface area contributed by atoms with Crippen molar-refractivity contribution in [2.75, 3.05) is 26.2 Å². The van der Waals surface area contributed by atoms with Crippen LogP contribution in [0.3, 0.4) is 0 Å². The van der Waals surface area contributed by atoms with Gasteiger partial charge in [0.1, 0.15) is 24.1 Å². The van der Waals surface area contributed by atoms with Crippen molar-refractivity contribution in [2.24, 2.45) is 7.05 Å². The molecule has 2 atom stereocenters. The maximum Gasteiger partial charge on any atom is 0.163 e. The first kappa shape index (κ1) is 16.0. The molecule has 2 heterocycles. The van der Waals surface area contributed by atoms with Crippen molar-refractivity contribution in [3.63, 3.8) is 0 Å². The van der Waals surface area contributed by atoms with E-state index in [4.69, 9.17) is 4.74 Å². The summed E-state index contributed by atoms with van der Waals surface area (Å²) < 4.78 is 34.4. The third-order valence-corrected chi connectivity index (χ3v) is 3.93. The minimum absolute atomic E-state index is 0.0355. The van der Waals surface area contributed by atoms with Crippen LogP contribution in [0, 0.1) is 11.6 Å². The monoisotopic (exact) mass is 324 g/mol. The SMILES string of the molecule is Cn1cnnc1[C@@H]1CN(C[C@H](O)c2cc(F)ccc2F)CCO1. The van der Waals surface area contributed by atoms with Crippen molar-refractivity contribution >= 4 is 0 Å². The zero-order valence-corrected chi connectivity index (χ0v) is 12.7. The Hall–Kier alpha value is -1.90. The standard InChI is InChI=1S/C15H18F2N4O2/c1-20-9-18-19-15(20)14-8-21(4-5-23-14)7-13(22)11-6-10(16)2-3-12(11)17/h2-3,6,9,13-14,22H,4-5,7-8H2,1H3/t13-,14-/m0/s1. The molecule has 0 unspecified atom stereocenters. The molecule has 3 rings (SSSR count). The van der Waals surface area contributed by atoms with Gasteiger partial charge in [0.15, 0.2) is 5.82 Å². The minimum Gasteiger partial charge on any atom is -0.387 e. The minimum atomic E-state index is -1.11. The van der Waals surface area contributed by atoms with Gasteiger partial charge in [-0.3, -0.25) is 4.90 Å². The Bertz CT molecular complexity index is 679. The van der Waals surface area contributed by atoms with E-state index in [0.29, 0.717) is 25.5 Å². The Morgan fingerprint density at radius 2 is 2.26 bits per heavy atom. The molecule has 1 aliphatic rings. The topological polar surface area (TPSA) is 63.4 Å². The molecule has 0 saturated carbocycles. The number of halogens is 2. The molecule has 1 aromatic heterocycles. The summed E-state index contributed by atoms with van der Waals surface area (Å²) in [5.41, 5.74) is -0.0355. The van der Waals surface area contributed by atoms with E-state index in [1.54, 1.807) is 10.9 Å². The average molecular weight is 324 g/mol. The highest BCUT2D eigenvalue weighted by Gasteiger charge is 2.27. The van der Waals surface area contributed by atoms with Gasteiger partial charge in [-0.1, -0.05) is 0 Å². The van der Waals surface area contributed by atoms with Crippen molar-refractivity contribution in [2.45, 2.75) is 12.2 Å². The van der Waals surface area contributed by atoms with E-state index >= 15 is 0 Å². The molecule has 1 aliphatic heterocycles. The van der Waals surface area contributed by atoms with Crippen LogP contribution >= 0.6 is 0 Å². The predicted octanol–water partition coefficient (Wildman–Crippen LogP) is 1.20. The average Bonchev–Trinajstić information content (AvgIpc) is 2.96. The lowest BCUT2D eigenvalue weighted by Gasteiger charge is -2.33. The van der Waals surface area contributed by atoms with Gasteiger partial charge in [0.05, 0.1) is 12.7 Å². The van der Waals surface area contributed by atoms with Gasteiger partial charge in [0.2, 0.25) is 0 Å². The number of aryl methyl sites for hydroxylation is 1. The highest BCUT2D eigenvalue weighted by atomic mass is 19.1. The van der Waals surface area contributed by atoms with Gasteiger partial charge in [-0.2, -0.15) is 0 Å². The number of rotatable bonds is 4. The highest BCUT2D eigenvalue weighted by Crippen LogP contribution is 2.24. The molecule has 2 aromatic rings. The summed E-state index contributed by atoms with van der Waals surface area (Å²) >= 11 is 0. The normalized spacial score (nSPS) is 20.6.